The lowest BCUT2D eigenvalue weighted by molar-refractivity contribution is -0.146. The van der Waals surface area contributed by atoms with Crippen LogP contribution in [0.25, 0.3) is 0 Å². The molecule has 0 aromatic rings. The molecule has 1 N–H and O–H groups in total. The lowest BCUT2D eigenvalue weighted by atomic mass is 9.86. The fourth-order valence-electron chi connectivity index (χ4n) is 2.36. The summed E-state index contributed by atoms with van der Waals surface area (Å²) in [5.41, 5.74) is 0. The molecule has 0 unspecified atom stereocenters. The van der Waals surface area contributed by atoms with E-state index in [-0.39, 0.29) is 36.3 Å². The Kier molecular flexibility index (Phi) is 6.21. The van der Waals surface area contributed by atoms with Crippen molar-refractivity contribution < 1.29 is 19.1 Å². The number of amides is 2. The van der Waals surface area contributed by atoms with E-state index in [1.165, 1.54) is 18.1 Å². The van der Waals surface area contributed by atoms with Crippen molar-refractivity contribution in [3.05, 3.63) is 12.7 Å². The van der Waals surface area contributed by atoms with E-state index in [1.54, 1.807) is 7.05 Å². The van der Waals surface area contributed by atoms with Crippen LogP contribution in [0.2, 0.25) is 0 Å². The average molecular weight is 282 g/mol. The molecule has 0 heterocycles. The van der Waals surface area contributed by atoms with Crippen molar-refractivity contribution in [1.29, 1.82) is 0 Å². The first-order valence-electron chi connectivity index (χ1n) is 6.72. The third kappa shape index (κ3) is 4.68. The lowest BCUT2D eigenvalue weighted by Crippen LogP contribution is -2.44. The standard InChI is InChI=1S/C14H22N2O4/c1-4-13(18)16(2)9-12(17)15-11-7-5-10(6-8-11)14(19)20-3/h4,10-11H,1,5-9H2,2-3H3,(H,15,17). The van der Waals surface area contributed by atoms with Crippen LogP contribution in [0.15, 0.2) is 12.7 Å². The second-order valence-electron chi connectivity index (χ2n) is 5.04. The SMILES string of the molecule is C=CC(=O)N(C)CC(=O)NC1CCC(C(=O)OC)CC1. The minimum Gasteiger partial charge on any atom is -0.469 e. The highest BCUT2D eigenvalue weighted by atomic mass is 16.5. The number of rotatable bonds is 5. The first kappa shape index (κ1) is 16.2. The van der Waals surface area contributed by atoms with E-state index in [4.69, 9.17) is 4.74 Å². The van der Waals surface area contributed by atoms with Crippen molar-refractivity contribution in [3.63, 3.8) is 0 Å². The number of likely N-dealkylation sites (N-methyl/N-ethyl adjacent to an activating group) is 1. The predicted octanol–water partition coefficient (Wildman–Crippen LogP) is 0.479. The van der Waals surface area contributed by atoms with E-state index in [2.05, 4.69) is 11.9 Å². The number of hydrogen-bond donors (Lipinski definition) is 1. The van der Waals surface area contributed by atoms with Crippen LogP contribution >= 0.6 is 0 Å². The minimum absolute atomic E-state index is 0.0157. The van der Waals surface area contributed by atoms with Crippen LogP contribution in [0, 0.1) is 5.92 Å². The van der Waals surface area contributed by atoms with Crippen molar-refractivity contribution >= 4 is 17.8 Å². The van der Waals surface area contributed by atoms with Gasteiger partial charge in [0, 0.05) is 13.1 Å². The molecule has 6 heteroatoms. The van der Waals surface area contributed by atoms with Crippen molar-refractivity contribution in [1.82, 2.24) is 10.2 Å². The number of carbonyl (C=O) groups is 3. The summed E-state index contributed by atoms with van der Waals surface area (Å²) >= 11 is 0. The maximum Gasteiger partial charge on any atom is 0.308 e. The first-order chi connectivity index (χ1) is 9.47. The summed E-state index contributed by atoms with van der Waals surface area (Å²) in [6.45, 7) is 3.39. The summed E-state index contributed by atoms with van der Waals surface area (Å²) < 4.78 is 4.72. The molecule has 1 fully saturated rings. The van der Waals surface area contributed by atoms with Crippen LogP contribution in [0.4, 0.5) is 0 Å². The summed E-state index contributed by atoms with van der Waals surface area (Å²) in [5, 5.41) is 2.89. The van der Waals surface area contributed by atoms with Crippen molar-refractivity contribution in [2.24, 2.45) is 5.92 Å². The number of esters is 1. The number of nitrogens with one attached hydrogen (secondary N) is 1. The molecule has 112 valence electrons. The van der Waals surface area contributed by atoms with E-state index in [0.717, 1.165) is 25.7 Å². The van der Waals surface area contributed by atoms with Crippen LogP contribution in [-0.2, 0) is 19.1 Å². The fourth-order valence-corrected chi connectivity index (χ4v) is 2.36. The van der Waals surface area contributed by atoms with Gasteiger partial charge in [0.15, 0.2) is 0 Å². The Labute approximate surface area is 119 Å². The normalized spacial score (nSPS) is 21.7. The molecule has 1 aliphatic carbocycles. The Balaban J connectivity index is 2.33. The molecule has 0 aromatic carbocycles. The third-order valence-corrected chi connectivity index (χ3v) is 3.56. The Morgan fingerprint density at radius 2 is 1.90 bits per heavy atom. The zero-order valence-electron chi connectivity index (χ0n) is 12.1. The molecular formula is C14H22N2O4. The zero-order valence-corrected chi connectivity index (χ0v) is 12.1. The molecular weight excluding hydrogens is 260 g/mol. The van der Waals surface area contributed by atoms with E-state index >= 15 is 0 Å². The molecule has 2 amide bonds. The molecule has 1 saturated carbocycles. The molecule has 1 rings (SSSR count). The maximum atomic E-state index is 11.8. The van der Waals surface area contributed by atoms with Crippen LogP contribution in [0.5, 0.6) is 0 Å². The fraction of sp³-hybridized carbons (Fsp3) is 0.643. The minimum atomic E-state index is -0.283. The Bertz CT molecular complexity index is 387. The van der Waals surface area contributed by atoms with Crippen LogP contribution < -0.4 is 5.32 Å². The molecule has 20 heavy (non-hydrogen) atoms. The molecule has 0 aromatic heterocycles. The van der Waals surface area contributed by atoms with Crippen LogP contribution in [0.1, 0.15) is 25.7 Å². The van der Waals surface area contributed by atoms with E-state index in [0.29, 0.717) is 0 Å². The van der Waals surface area contributed by atoms with Crippen LogP contribution in [-0.4, -0.2) is 49.4 Å². The third-order valence-electron chi connectivity index (χ3n) is 3.56. The Hall–Kier alpha value is -1.85. The van der Waals surface area contributed by atoms with Gasteiger partial charge in [-0.3, -0.25) is 14.4 Å². The van der Waals surface area contributed by atoms with Crippen molar-refractivity contribution in [2.45, 2.75) is 31.7 Å². The highest BCUT2D eigenvalue weighted by Crippen LogP contribution is 2.25. The summed E-state index contributed by atoms with van der Waals surface area (Å²) in [6, 6.07) is 0.0654. The Morgan fingerprint density at radius 1 is 1.30 bits per heavy atom. The van der Waals surface area contributed by atoms with Gasteiger partial charge < -0.3 is 15.0 Å². The first-order valence-corrected chi connectivity index (χ1v) is 6.72. The molecule has 0 radical (unpaired) electrons. The highest BCUT2D eigenvalue weighted by Gasteiger charge is 2.27. The van der Waals surface area contributed by atoms with Gasteiger partial charge >= 0.3 is 5.97 Å². The summed E-state index contributed by atoms with van der Waals surface area (Å²) in [4.78, 5) is 35.7. The van der Waals surface area contributed by atoms with Crippen molar-refractivity contribution in [2.75, 3.05) is 20.7 Å². The van der Waals surface area contributed by atoms with E-state index in [9.17, 15) is 14.4 Å². The number of ether oxygens (including phenoxy) is 1. The maximum absolute atomic E-state index is 11.8. The predicted molar refractivity (Wildman–Crippen MR) is 73.7 cm³/mol. The average Bonchev–Trinajstić information content (AvgIpc) is 2.46. The molecule has 1 aliphatic rings. The van der Waals surface area contributed by atoms with Gasteiger partial charge in [-0.1, -0.05) is 6.58 Å². The smallest absolute Gasteiger partial charge is 0.308 e. The molecule has 0 atom stereocenters. The van der Waals surface area contributed by atoms with Crippen LogP contribution in [0.3, 0.4) is 0 Å². The second-order valence-corrected chi connectivity index (χ2v) is 5.04. The van der Waals surface area contributed by atoms with Gasteiger partial charge in [0.25, 0.3) is 0 Å². The second kappa shape index (κ2) is 7.67. The largest absolute Gasteiger partial charge is 0.469 e. The quantitative estimate of drug-likeness (QED) is 0.588. The van der Waals surface area contributed by atoms with Gasteiger partial charge in [-0.2, -0.15) is 0 Å². The van der Waals surface area contributed by atoms with Gasteiger partial charge in [-0.15, -0.1) is 0 Å². The zero-order chi connectivity index (χ0) is 15.1. The topological polar surface area (TPSA) is 75.7 Å². The van der Waals surface area contributed by atoms with Gasteiger partial charge in [-0.25, -0.2) is 0 Å². The Morgan fingerprint density at radius 3 is 2.40 bits per heavy atom. The summed E-state index contributed by atoms with van der Waals surface area (Å²) in [6.07, 6.45) is 4.13. The van der Waals surface area contributed by atoms with Gasteiger partial charge in [0.1, 0.15) is 0 Å². The molecule has 0 saturated heterocycles. The number of carbonyl (C=O) groups excluding carboxylic acids is 3. The summed E-state index contributed by atoms with van der Waals surface area (Å²) in [7, 11) is 2.94. The molecule has 0 aliphatic heterocycles. The summed E-state index contributed by atoms with van der Waals surface area (Å²) in [5.74, 6) is -0.706. The van der Waals surface area contributed by atoms with Gasteiger partial charge in [-0.05, 0) is 31.8 Å². The monoisotopic (exact) mass is 282 g/mol. The number of methoxy groups -OCH3 is 1. The van der Waals surface area contributed by atoms with Crippen molar-refractivity contribution in [3.8, 4) is 0 Å². The van der Waals surface area contributed by atoms with Gasteiger partial charge in [0.05, 0.1) is 19.6 Å². The molecule has 6 nitrogen and oxygen atoms in total. The van der Waals surface area contributed by atoms with E-state index in [1.807, 2.05) is 0 Å². The number of hydrogen-bond acceptors (Lipinski definition) is 4. The van der Waals surface area contributed by atoms with Gasteiger partial charge in [0.2, 0.25) is 11.8 Å². The van der Waals surface area contributed by atoms with E-state index < -0.39 is 0 Å². The molecule has 0 bridgehead atoms. The lowest BCUT2D eigenvalue weighted by Gasteiger charge is -2.28. The number of nitrogens with zero attached hydrogens (tertiary/aromatic N) is 1. The highest BCUT2D eigenvalue weighted by molar-refractivity contribution is 5.90. The molecule has 0 spiro atoms.